The van der Waals surface area contributed by atoms with Gasteiger partial charge in [-0.2, -0.15) is 0 Å². The number of H-pyrrole nitrogens is 1. The van der Waals surface area contributed by atoms with E-state index in [2.05, 4.69) is 26.3 Å². The Kier molecular flexibility index (Phi) is 13.5. The van der Waals surface area contributed by atoms with Crippen molar-refractivity contribution in [3.8, 4) is 0 Å². The average Bonchev–Trinajstić information content (AvgIpc) is 3.56. The summed E-state index contributed by atoms with van der Waals surface area (Å²) in [5, 5.41) is 23.1. The normalized spacial score (nSPS) is 13.5. The Labute approximate surface area is 333 Å². The van der Waals surface area contributed by atoms with Gasteiger partial charge in [-0.05, 0) is 66.4 Å². The molecule has 0 saturated heterocycles. The van der Waals surface area contributed by atoms with Crippen LogP contribution in [0.3, 0.4) is 0 Å². The number of hydrogen-bond acceptors (Lipinski definition) is 7. The van der Waals surface area contributed by atoms with Gasteiger partial charge in [0.05, 0.1) is 6.42 Å². The minimum atomic E-state index is -1.68. The van der Waals surface area contributed by atoms with Crippen LogP contribution in [-0.4, -0.2) is 75.6 Å². The van der Waals surface area contributed by atoms with Crippen molar-refractivity contribution in [3.05, 3.63) is 119 Å². The van der Waals surface area contributed by atoms with Crippen LogP contribution in [0.15, 0.2) is 97.2 Å². The van der Waals surface area contributed by atoms with Gasteiger partial charge in [0, 0.05) is 41.4 Å². The highest BCUT2D eigenvalue weighted by Gasteiger charge is 2.33. The van der Waals surface area contributed by atoms with Crippen molar-refractivity contribution in [3.63, 3.8) is 0 Å². The van der Waals surface area contributed by atoms with Gasteiger partial charge in [0.2, 0.25) is 23.6 Å². The number of fused-ring (bicyclic) bond motifs is 2. The highest BCUT2D eigenvalue weighted by atomic mass is 35.5. The summed E-state index contributed by atoms with van der Waals surface area (Å²) in [5.74, 6) is -4.93. The van der Waals surface area contributed by atoms with Crippen molar-refractivity contribution in [1.29, 1.82) is 0 Å². The molecule has 15 heteroatoms. The summed E-state index contributed by atoms with van der Waals surface area (Å²) in [5.41, 5.74) is 7.48. The van der Waals surface area contributed by atoms with E-state index in [-0.39, 0.29) is 19.3 Å². The lowest BCUT2D eigenvalue weighted by atomic mass is 9.99. The Hall–Kier alpha value is -6.41. The van der Waals surface area contributed by atoms with E-state index < -0.39 is 71.9 Å². The van der Waals surface area contributed by atoms with E-state index >= 15 is 0 Å². The number of hydrogen-bond donors (Lipinski definition) is 7. The third kappa shape index (κ3) is 12.0. The lowest BCUT2D eigenvalue weighted by molar-refractivity contribution is -0.141. The first-order valence-electron chi connectivity index (χ1n) is 18.2. The third-order valence-corrected chi connectivity index (χ3v) is 9.27. The Morgan fingerprint density at radius 1 is 0.702 bits per heavy atom. The number of carbonyl (C=O) groups excluding carboxylic acids is 5. The maximum atomic E-state index is 14.2. The molecule has 0 aliphatic carbocycles. The number of carbonyl (C=O) groups is 6. The SMILES string of the molecule is CC(C)(C)OC(=O)N[C@@H](Cc1c[nH]c2ccccc12)C(=O)N[C@@H](Cc1ccc2ccccc2c1)C(=O)N[C@@H](CC(=O)O)C(=O)N[C@@H](Cc1ccc(Cl)cc1)C(N)=O. The molecule has 0 fully saturated rings. The molecule has 0 saturated carbocycles. The highest BCUT2D eigenvalue weighted by molar-refractivity contribution is 6.30. The molecule has 0 unspecified atom stereocenters. The zero-order valence-corrected chi connectivity index (χ0v) is 32.4. The quantitative estimate of drug-likeness (QED) is 0.0761. The number of aromatic amines is 1. The number of para-hydroxylation sites is 1. The number of ether oxygens (including phenoxy) is 1. The molecule has 4 aromatic carbocycles. The number of rotatable bonds is 16. The van der Waals surface area contributed by atoms with E-state index in [0.717, 1.165) is 21.7 Å². The van der Waals surface area contributed by atoms with Crippen molar-refractivity contribution in [2.75, 3.05) is 0 Å². The zero-order valence-electron chi connectivity index (χ0n) is 31.6. The van der Waals surface area contributed by atoms with Crippen LogP contribution in [0.25, 0.3) is 21.7 Å². The standard InChI is InChI=1S/C42H45ClN6O8/c1-42(2,3)57-41(56)49-34(21-28-23-45-31-11-7-6-10-30(28)31)39(54)47-33(20-25-12-15-26-8-4-5-9-27(26)18-25)38(53)48-35(22-36(50)51)40(55)46-32(37(44)52)19-24-13-16-29(43)17-14-24/h4-18,23,32-35,45H,19-22H2,1-3H3,(H2,44,52)(H,46,55)(H,47,54)(H,48,53)(H,49,56)(H,50,51)/t32-,33-,34-,35-/m0/s1. The molecule has 0 spiro atoms. The van der Waals surface area contributed by atoms with E-state index in [4.69, 9.17) is 22.1 Å². The van der Waals surface area contributed by atoms with Gasteiger partial charge >= 0.3 is 12.1 Å². The van der Waals surface area contributed by atoms with Crippen molar-refractivity contribution in [2.24, 2.45) is 5.73 Å². The first kappa shape index (κ1) is 41.7. The molecule has 1 heterocycles. The molecule has 298 valence electrons. The number of nitrogens with two attached hydrogens (primary N) is 1. The van der Waals surface area contributed by atoms with Crippen molar-refractivity contribution in [1.82, 2.24) is 26.3 Å². The number of nitrogens with one attached hydrogen (secondary N) is 5. The Morgan fingerprint density at radius 2 is 1.26 bits per heavy atom. The van der Waals surface area contributed by atoms with Gasteiger partial charge in [-0.15, -0.1) is 0 Å². The summed E-state index contributed by atoms with van der Waals surface area (Å²) in [4.78, 5) is 82.6. The van der Waals surface area contributed by atoms with Crippen LogP contribution >= 0.6 is 11.6 Å². The molecule has 8 N–H and O–H groups in total. The van der Waals surface area contributed by atoms with E-state index in [1.54, 1.807) is 57.3 Å². The average molecular weight is 797 g/mol. The highest BCUT2D eigenvalue weighted by Crippen LogP contribution is 2.21. The second-order valence-corrected chi connectivity index (χ2v) is 15.1. The smallest absolute Gasteiger partial charge is 0.408 e. The number of aromatic nitrogens is 1. The van der Waals surface area contributed by atoms with Crippen LogP contribution in [0.4, 0.5) is 4.79 Å². The summed E-state index contributed by atoms with van der Waals surface area (Å²) < 4.78 is 5.47. The Bertz CT molecular complexity index is 2270. The number of amides is 5. The number of aliphatic carboxylic acids is 1. The maximum Gasteiger partial charge on any atom is 0.408 e. The molecular weight excluding hydrogens is 752 g/mol. The maximum absolute atomic E-state index is 14.2. The van der Waals surface area contributed by atoms with Crippen molar-refractivity contribution in [2.45, 2.75) is 76.2 Å². The zero-order chi connectivity index (χ0) is 41.3. The van der Waals surface area contributed by atoms with Gasteiger partial charge in [0.25, 0.3) is 0 Å². The Balaban J connectivity index is 1.43. The molecule has 1 aromatic heterocycles. The van der Waals surface area contributed by atoms with Crippen LogP contribution in [0, 0.1) is 0 Å². The molecule has 5 aromatic rings. The lowest BCUT2D eigenvalue weighted by Gasteiger charge is -2.27. The second kappa shape index (κ2) is 18.5. The number of alkyl carbamates (subject to hydrolysis) is 1. The van der Waals surface area contributed by atoms with Gasteiger partial charge in [-0.3, -0.25) is 24.0 Å². The van der Waals surface area contributed by atoms with E-state index in [1.807, 2.05) is 60.7 Å². The van der Waals surface area contributed by atoms with Crippen LogP contribution in [0.5, 0.6) is 0 Å². The minimum absolute atomic E-state index is 0.00553. The molecule has 0 aliphatic rings. The van der Waals surface area contributed by atoms with Crippen molar-refractivity contribution < 1.29 is 38.6 Å². The number of carboxylic acid groups (broad SMARTS) is 1. The lowest BCUT2D eigenvalue weighted by Crippen LogP contribution is -2.59. The van der Waals surface area contributed by atoms with Gasteiger partial charge in [-0.1, -0.05) is 84.4 Å². The second-order valence-electron chi connectivity index (χ2n) is 14.7. The van der Waals surface area contributed by atoms with Crippen LogP contribution in [0.2, 0.25) is 5.02 Å². The molecule has 14 nitrogen and oxygen atoms in total. The van der Waals surface area contributed by atoms with E-state index in [0.29, 0.717) is 21.7 Å². The van der Waals surface area contributed by atoms with Crippen molar-refractivity contribution >= 4 is 69.0 Å². The Morgan fingerprint density at radius 3 is 1.93 bits per heavy atom. The van der Waals surface area contributed by atoms with E-state index in [1.165, 1.54) is 0 Å². The summed E-state index contributed by atoms with van der Waals surface area (Å²) in [6.45, 7) is 5.04. The molecule has 5 rings (SSSR count). The van der Waals surface area contributed by atoms with Crippen LogP contribution in [-0.2, 0) is 48.0 Å². The number of primary amides is 1. The summed E-state index contributed by atoms with van der Waals surface area (Å²) in [6, 6.07) is 21.4. The fourth-order valence-electron chi connectivity index (χ4n) is 6.27. The number of carboxylic acids is 1. The largest absolute Gasteiger partial charge is 0.481 e. The number of halogens is 1. The minimum Gasteiger partial charge on any atom is -0.481 e. The van der Waals surface area contributed by atoms with Crippen LogP contribution < -0.4 is 27.0 Å². The molecule has 57 heavy (non-hydrogen) atoms. The van der Waals surface area contributed by atoms with Gasteiger partial charge in [-0.25, -0.2) is 4.79 Å². The molecule has 0 bridgehead atoms. The fraction of sp³-hybridized carbons (Fsp3) is 0.286. The summed E-state index contributed by atoms with van der Waals surface area (Å²) in [6.07, 6.45) is -0.109. The summed E-state index contributed by atoms with van der Waals surface area (Å²) in [7, 11) is 0. The van der Waals surface area contributed by atoms with Gasteiger partial charge < -0.3 is 41.8 Å². The molecule has 5 amide bonds. The van der Waals surface area contributed by atoms with Gasteiger partial charge in [0.15, 0.2) is 0 Å². The topological polar surface area (TPSA) is 222 Å². The molecule has 0 radical (unpaired) electrons. The van der Waals surface area contributed by atoms with Crippen LogP contribution in [0.1, 0.15) is 43.9 Å². The first-order chi connectivity index (χ1) is 27.0. The predicted molar refractivity (Wildman–Crippen MR) is 215 cm³/mol. The summed E-state index contributed by atoms with van der Waals surface area (Å²) >= 11 is 5.97. The molecular formula is C42H45ClN6O8. The monoisotopic (exact) mass is 796 g/mol. The van der Waals surface area contributed by atoms with Gasteiger partial charge in [0.1, 0.15) is 29.8 Å². The third-order valence-electron chi connectivity index (χ3n) is 9.02. The van der Waals surface area contributed by atoms with E-state index in [9.17, 15) is 33.9 Å². The number of benzene rings is 4. The predicted octanol–water partition coefficient (Wildman–Crippen LogP) is 4.31. The first-order valence-corrected chi connectivity index (χ1v) is 18.6. The molecule has 0 aliphatic heterocycles. The fourth-order valence-corrected chi connectivity index (χ4v) is 6.40. The molecule has 4 atom stereocenters.